The molecule has 1 aromatic heterocycles. The molecule has 2 aromatic carbocycles. The minimum Gasteiger partial charge on any atom is -0.480 e. The van der Waals surface area contributed by atoms with Gasteiger partial charge in [0, 0.05) is 5.56 Å². The largest absolute Gasteiger partial charge is 0.480 e. The third-order valence-electron chi connectivity index (χ3n) is 4.00. The maximum atomic E-state index is 12.3. The van der Waals surface area contributed by atoms with E-state index in [1.54, 1.807) is 4.68 Å². The number of benzene rings is 2. The van der Waals surface area contributed by atoms with Gasteiger partial charge in [-0.3, -0.25) is 14.4 Å². The summed E-state index contributed by atoms with van der Waals surface area (Å²) in [7, 11) is 0. The van der Waals surface area contributed by atoms with Crippen LogP contribution < -0.4 is 10.6 Å². The van der Waals surface area contributed by atoms with Crippen molar-refractivity contribution < 1.29 is 19.5 Å². The van der Waals surface area contributed by atoms with Crippen molar-refractivity contribution in [3.05, 3.63) is 66.4 Å². The number of para-hydroxylation sites is 1. The number of nitrogens with zero attached hydrogens (tertiary/aromatic N) is 3. The van der Waals surface area contributed by atoms with E-state index in [2.05, 4.69) is 20.9 Å². The summed E-state index contributed by atoms with van der Waals surface area (Å²) in [6.45, 7) is -0.822. The number of aliphatic carboxylic acids is 1. The number of carboxylic acid groups (broad SMARTS) is 1. The van der Waals surface area contributed by atoms with Gasteiger partial charge >= 0.3 is 5.97 Å². The van der Waals surface area contributed by atoms with Crippen molar-refractivity contribution in [2.24, 2.45) is 0 Å². The molecule has 0 saturated carbocycles. The molecule has 1 heterocycles. The van der Waals surface area contributed by atoms with Crippen LogP contribution in [0.3, 0.4) is 0 Å². The van der Waals surface area contributed by atoms with E-state index < -0.39 is 24.3 Å². The van der Waals surface area contributed by atoms with E-state index in [1.165, 1.54) is 0 Å². The predicted octanol–water partition coefficient (Wildman–Crippen LogP) is 0.794. The minimum atomic E-state index is -1.16. The molecular formula is C20H19N5O4. The molecule has 3 N–H and O–H groups in total. The molecule has 9 heteroatoms. The molecule has 0 aliphatic heterocycles. The monoisotopic (exact) mass is 393 g/mol. The van der Waals surface area contributed by atoms with Crippen LogP contribution in [0.4, 0.5) is 0 Å². The van der Waals surface area contributed by atoms with E-state index in [0.717, 1.165) is 11.3 Å². The lowest BCUT2D eigenvalue weighted by molar-refractivity contribution is -0.137. The number of carboxylic acids is 1. The van der Waals surface area contributed by atoms with Crippen LogP contribution in [0.5, 0.6) is 0 Å². The minimum absolute atomic E-state index is 0.0801. The Morgan fingerprint density at radius 2 is 1.48 bits per heavy atom. The van der Waals surface area contributed by atoms with Crippen LogP contribution in [-0.2, 0) is 20.8 Å². The second-order valence-corrected chi connectivity index (χ2v) is 6.12. The van der Waals surface area contributed by atoms with Crippen LogP contribution in [0.1, 0.15) is 5.69 Å². The SMILES string of the molecule is O=C(O)CNC(=O)CNC(=O)Cc1nnn(-c2ccccc2)c1-c1ccccc1. The third-order valence-corrected chi connectivity index (χ3v) is 4.00. The van der Waals surface area contributed by atoms with Crippen LogP contribution in [0.15, 0.2) is 60.7 Å². The summed E-state index contributed by atoms with van der Waals surface area (Å²) in [5.41, 5.74) is 2.80. The van der Waals surface area contributed by atoms with E-state index in [9.17, 15) is 14.4 Å². The molecule has 0 saturated heterocycles. The maximum Gasteiger partial charge on any atom is 0.322 e. The standard InChI is InChI=1S/C20H19N5O4/c26-17(21-12-18(27)22-13-19(28)29)11-16-20(14-7-3-1-4-8-14)25(24-23-16)15-9-5-2-6-10-15/h1-10H,11-13H2,(H,21,26)(H,22,27)(H,28,29). The van der Waals surface area contributed by atoms with E-state index in [-0.39, 0.29) is 13.0 Å². The Bertz CT molecular complexity index is 1000. The lowest BCUT2D eigenvalue weighted by Gasteiger charge is -2.09. The van der Waals surface area contributed by atoms with Crippen molar-refractivity contribution in [1.29, 1.82) is 0 Å². The molecular weight excluding hydrogens is 374 g/mol. The Hall–Kier alpha value is -4.01. The third kappa shape index (κ3) is 5.25. The van der Waals surface area contributed by atoms with Gasteiger partial charge in [-0.1, -0.05) is 53.7 Å². The highest BCUT2D eigenvalue weighted by Gasteiger charge is 2.19. The quantitative estimate of drug-likeness (QED) is 0.520. The first-order chi connectivity index (χ1) is 14.0. The van der Waals surface area contributed by atoms with Gasteiger partial charge in [0.15, 0.2) is 0 Å². The fraction of sp³-hybridized carbons (Fsp3) is 0.150. The number of amides is 2. The summed E-state index contributed by atoms with van der Waals surface area (Å²) >= 11 is 0. The zero-order chi connectivity index (χ0) is 20.6. The molecule has 0 atom stereocenters. The summed E-state index contributed by atoms with van der Waals surface area (Å²) in [4.78, 5) is 34.3. The second-order valence-electron chi connectivity index (χ2n) is 6.12. The lowest BCUT2D eigenvalue weighted by atomic mass is 10.1. The summed E-state index contributed by atoms with van der Waals surface area (Å²) in [5, 5.41) is 21.6. The molecule has 2 amide bonds. The molecule has 3 aromatic rings. The Balaban J connectivity index is 1.77. The molecule has 29 heavy (non-hydrogen) atoms. The van der Waals surface area contributed by atoms with E-state index in [1.807, 2.05) is 60.7 Å². The highest BCUT2D eigenvalue weighted by molar-refractivity contribution is 5.87. The first-order valence-corrected chi connectivity index (χ1v) is 8.85. The first kappa shape index (κ1) is 19.7. The molecule has 0 aliphatic carbocycles. The van der Waals surface area contributed by atoms with E-state index >= 15 is 0 Å². The number of aromatic nitrogens is 3. The molecule has 3 rings (SSSR count). The highest BCUT2D eigenvalue weighted by atomic mass is 16.4. The summed E-state index contributed by atoms with van der Waals surface area (Å²) in [6.07, 6.45) is -0.0801. The van der Waals surface area contributed by atoms with Crippen LogP contribution >= 0.6 is 0 Å². The zero-order valence-corrected chi connectivity index (χ0v) is 15.4. The molecule has 0 radical (unpaired) electrons. The molecule has 0 unspecified atom stereocenters. The van der Waals surface area contributed by atoms with Crippen molar-refractivity contribution >= 4 is 17.8 Å². The smallest absolute Gasteiger partial charge is 0.322 e. The summed E-state index contributed by atoms with van der Waals surface area (Å²) < 4.78 is 1.66. The lowest BCUT2D eigenvalue weighted by Crippen LogP contribution is -2.39. The highest BCUT2D eigenvalue weighted by Crippen LogP contribution is 2.25. The second kappa shape index (κ2) is 9.27. The van der Waals surface area contributed by atoms with Crippen LogP contribution in [-0.4, -0.2) is 51.0 Å². The van der Waals surface area contributed by atoms with Gasteiger partial charge in [0.2, 0.25) is 11.8 Å². The average Bonchev–Trinajstić information content (AvgIpc) is 3.15. The topological polar surface area (TPSA) is 126 Å². The summed E-state index contributed by atoms with van der Waals surface area (Å²) in [5.74, 6) is -2.17. The Morgan fingerprint density at radius 1 is 0.862 bits per heavy atom. The van der Waals surface area contributed by atoms with Crippen LogP contribution in [0.25, 0.3) is 16.9 Å². The van der Waals surface area contributed by atoms with Gasteiger partial charge in [0.25, 0.3) is 0 Å². The fourth-order valence-corrected chi connectivity index (χ4v) is 2.70. The molecule has 0 bridgehead atoms. The molecule has 0 aliphatic rings. The molecule has 9 nitrogen and oxygen atoms in total. The van der Waals surface area contributed by atoms with Gasteiger partial charge in [-0.15, -0.1) is 5.10 Å². The van der Waals surface area contributed by atoms with Gasteiger partial charge in [0.05, 0.1) is 24.3 Å². The van der Waals surface area contributed by atoms with Crippen molar-refractivity contribution in [1.82, 2.24) is 25.6 Å². The van der Waals surface area contributed by atoms with Crippen LogP contribution in [0, 0.1) is 0 Å². The average molecular weight is 393 g/mol. The Morgan fingerprint density at radius 3 is 2.14 bits per heavy atom. The number of hydrogen-bond acceptors (Lipinski definition) is 5. The van der Waals surface area contributed by atoms with Crippen molar-refractivity contribution in [2.75, 3.05) is 13.1 Å². The number of hydrogen-bond donors (Lipinski definition) is 3. The van der Waals surface area contributed by atoms with Crippen molar-refractivity contribution in [3.8, 4) is 16.9 Å². The van der Waals surface area contributed by atoms with Gasteiger partial charge < -0.3 is 15.7 Å². The predicted molar refractivity (Wildman–Crippen MR) is 104 cm³/mol. The van der Waals surface area contributed by atoms with Gasteiger partial charge in [-0.05, 0) is 12.1 Å². The van der Waals surface area contributed by atoms with Gasteiger partial charge in [-0.25, -0.2) is 4.68 Å². The van der Waals surface area contributed by atoms with E-state index in [0.29, 0.717) is 11.4 Å². The van der Waals surface area contributed by atoms with E-state index in [4.69, 9.17) is 5.11 Å². The number of nitrogens with one attached hydrogen (secondary N) is 2. The molecule has 0 fully saturated rings. The Labute approximate surface area is 166 Å². The van der Waals surface area contributed by atoms with Crippen molar-refractivity contribution in [2.45, 2.75) is 6.42 Å². The van der Waals surface area contributed by atoms with Gasteiger partial charge in [-0.2, -0.15) is 0 Å². The number of carbonyl (C=O) groups excluding carboxylic acids is 2. The normalized spacial score (nSPS) is 10.3. The maximum absolute atomic E-state index is 12.3. The van der Waals surface area contributed by atoms with Crippen molar-refractivity contribution in [3.63, 3.8) is 0 Å². The number of rotatable bonds is 8. The summed E-state index contributed by atoms with van der Waals surface area (Å²) in [6, 6.07) is 18.9. The molecule has 0 spiro atoms. The first-order valence-electron chi connectivity index (χ1n) is 8.85. The fourth-order valence-electron chi connectivity index (χ4n) is 2.70. The van der Waals surface area contributed by atoms with Gasteiger partial charge in [0.1, 0.15) is 12.2 Å². The zero-order valence-electron chi connectivity index (χ0n) is 15.4. The number of carbonyl (C=O) groups is 3. The Kier molecular flexibility index (Phi) is 6.31. The van der Waals surface area contributed by atoms with Crippen LogP contribution in [0.2, 0.25) is 0 Å². The molecule has 148 valence electrons.